The van der Waals surface area contributed by atoms with Crippen LogP contribution in [0.5, 0.6) is 0 Å². The van der Waals surface area contributed by atoms with Crippen molar-refractivity contribution in [3.63, 3.8) is 0 Å². The minimum Gasteiger partial charge on any atom is -0.355 e. The van der Waals surface area contributed by atoms with E-state index in [2.05, 4.69) is 181 Å². The van der Waals surface area contributed by atoms with Gasteiger partial charge in [-0.15, -0.1) is 0 Å². The fourth-order valence-corrected chi connectivity index (χ4v) is 5.91. The molecule has 0 aliphatic carbocycles. The third kappa shape index (κ3) is 7.09. The molecule has 4 N–H and O–H groups in total. The summed E-state index contributed by atoms with van der Waals surface area (Å²) in [6.45, 7) is 4.29. The molecule has 234 valence electrons. The Bertz CT molecular complexity index is 1950. The topological polar surface area (TPSA) is 48.1 Å². The number of para-hydroxylation sites is 4. The second-order valence-corrected chi connectivity index (χ2v) is 12.0. The molecular weight excluding hydrogens is 585 g/mol. The number of hydrogen-bond acceptors (Lipinski definition) is 4. The highest BCUT2D eigenvalue weighted by molar-refractivity contribution is 5.89. The predicted molar refractivity (Wildman–Crippen MR) is 206 cm³/mol. The molecule has 0 bridgehead atoms. The van der Waals surface area contributed by atoms with E-state index >= 15 is 0 Å². The molecule has 0 aliphatic rings. The number of hydrogen-bond donors (Lipinski definition) is 4. The van der Waals surface area contributed by atoms with Gasteiger partial charge in [-0.3, -0.25) is 0 Å². The average Bonchev–Trinajstić information content (AvgIpc) is 3.12. The SMILES string of the molecule is Cc1cc(Nc2ccccc2)c(-c2ccc(-c3cc(Nc4ccccc4)c(C)cc3Nc3ccccc3)cc2)cc1Nc1ccccc1. The quantitative estimate of drug-likeness (QED) is 0.123. The Morgan fingerprint density at radius 1 is 0.292 bits per heavy atom. The second kappa shape index (κ2) is 14.0. The number of aryl methyl sites for hydroxylation is 2. The Morgan fingerprint density at radius 3 is 0.854 bits per heavy atom. The van der Waals surface area contributed by atoms with E-state index in [1.54, 1.807) is 0 Å². The second-order valence-electron chi connectivity index (χ2n) is 12.0. The summed E-state index contributed by atoms with van der Waals surface area (Å²) in [7, 11) is 0. The van der Waals surface area contributed by atoms with Crippen molar-refractivity contribution in [1.29, 1.82) is 0 Å². The maximum atomic E-state index is 3.68. The lowest BCUT2D eigenvalue weighted by molar-refractivity contribution is 1.41. The standard InChI is InChI=1S/C44H38N4/c1-31-27-43(47-37-19-11-5-12-20-37)39(29-41(31)45-35-15-7-3-8-16-35)33-23-25-34(26-24-33)40-30-42(46-36-17-9-4-10-18-36)32(2)28-44(40)48-38-21-13-6-14-22-38/h3-30,45-48H,1-2H3. The van der Waals surface area contributed by atoms with Crippen molar-refractivity contribution in [2.75, 3.05) is 21.3 Å². The molecule has 0 heterocycles. The molecule has 0 aromatic heterocycles. The van der Waals surface area contributed by atoms with Gasteiger partial charge in [0, 0.05) is 56.6 Å². The van der Waals surface area contributed by atoms with Crippen LogP contribution in [0.2, 0.25) is 0 Å². The highest BCUT2D eigenvalue weighted by Gasteiger charge is 2.14. The van der Waals surface area contributed by atoms with E-state index in [1.807, 2.05) is 24.3 Å². The van der Waals surface area contributed by atoms with Crippen LogP contribution in [0.15, 0.2) is 170 Å². The molecule has 48 heavy (non-hydrogen) atoms. The molecule has 0 saturated carbocycles. The maximum absolute atomic E-state index is 3.68. The molecule has 4 nitrogen and oxygen atoms in total. The van der Waals surface area contributed by atoms with Crippen molar-refractivity contribution in [2.45, 2.75) is 13.8 Å². The maximum Gasteiger partial charge on any atom is 0.0468 e. The molecule has 0 unspecified atom stereocenters. The number of nitrogens with one attached hydrogen (secondary N) is 4. The summed E-state index contributed by atoms with van der Waals surface area (Å²) in [5, 5.41) is 14.6. The molecular formula is C44H38N4. The van der Waals surface area contributed by atoms with E-state index < -0.39 is 0 Å². The van der Waals surface area contributed by atoms with Crippen molar-refractivity contribution >= 4 is 45.5 Å². The van der Waals surface area contributed by atoms with E-state index in [9.17, 15) is 0 Å². The lowest BCUT2D eigenvalue weighted by atomic mass is 9.95. The third-order valence-corrected chi connectivity index (χ3v) is 8.45. The smallest absolute Gasteiger partial charge is 0.0468 e. The Hall–Kier alpha value is -6.26. The third-order valence-electron chi connectivity index (χ3n) is 8.45. The minimum absolute atomic E-state index is 1.05. The molecule has 0 atom stereocenters. The molecule has 7 rings (SSSR count). The zero-order valence-electron chi connectivity index (χ0n) is 27.2. The fraction of sp³-hybridized carbons (Fsp3) is 0.0455. The van der Waals surface area contributed by atoms with Crippen LogP contribution in [0.4, 0.5) is 45.5 Å². The van der Waals surface area contributed by atoms with Gasteiger partial charge < -0.3 is 21.3 Å². The summed E-state index contributed by atoms with van der Waals surface area (Å²) in [5.41, 5.74) is 15.3. The first-order chi connectivity index (χ1) is 23.6. The lowest BCUT2D eigenvalue weighted by Crippen LogP contribution is -1.99. The molecule has 7 aromatic rings. The summed E-state index contributed by atoms with van der Waals surface area (Å²) < 4.78 is 0. The van der Waals surface area contributed by atoms with E-state index in [0.717, 1.165) is 78.9 Å². The van der Waals surface area contributed by atoms with Crippen LogP contribution in [-0.2, 0) is 0 Å². The highest BCUT2D eigenvalue weighted by atomic mass is 14.9. The molecule has 0 aliphatic heterocycles. The minimum atomic E-state index is 1.05. The van der Waals surface area contributed by atoms with Crippen LogP contribution in [0.1, 0.15) is 11.1 Å². The lowest BCUT2D eigenvalue weighted by Gasteiger charge is -2.19. The van der Waals surface area contributed by atoms with Gasteiger partial charge in [-0.05, 0) is 109 Å². The summed E-state index contributed by atoms with van der Waals surface area (Å²) in [6, 6.07) is 59.1. The van der Waals surface area contributed by atoms with Crippen LogP contribution in [0.3, 0.4) is 0 Å². The van der Waals surface area contributed by atoms with Crippen LogP contribution >= 0.6 is 0 Å². The molecule has 0 spiro atoms. The Morgan fingerprint density at radius 2 is 0.562 bits per heavy atom. The van der Waals surface area contributed by atoms with Crippen LogP contribution in [-0.4, -0.2) is 0 Å². The van der Waals surface area contributed by atoms with Crippen LogP contribution in [0.25, 0.3) is 22.3 Å². The molecule has 4 heteroatoms. The van der Waals surface area contributed by atoms with E-state index in [-0.39, 0.29) is 0 Å². The average molecular weight is 623 g/mol. The normalized spacial score (nSPS) is 10.7. The first kappa shape index (κ1) is 30.4. The van der Waals surface area contributed by atoms with Crippen molar-refractivity contribution in [3.8, 4) is 22.3 Å². The van der Waals surface area contributed by atoms with Gasteiger partial charge in [0.25, 0.3) is 0 Å². The van der Waals surface area contributed by atoms with Gasteiger partial charge >= 0.3 is 0 Å². The summed E-state index contributed by atoms with van der Waals surface area (Å²) in [4.78, 5) is 0. The molecule has 0 radical (unpaired) electrons. The van der Waals surface area contributed by atoms with Crippen LogP contribution < -0.4 is 21.3 Å². The first-order valence-electron chi connectivity index (χ1n) is 16.3. The first-order valence-corrected chi connectivity index (χ1v) is 16.3. The molecule has 0 fully saturated rings. The summed E-state index contributed by atoms with van der Waals surface area (Å²) in [6.07, 6.45) is 0. The van der Waals surface area contributed by atoms with Gasteiger partial charge in [0.2, 0.25) is 0 Å². The Balaban J connectivity index is 1.29. The van der Waals surface area contributed by atoms with Gasteiger partial charge in [0.1, 0.15) is 0 Å². The summed E-state index contributed by atoms with van der Waals surface area (Å²) in [5.74, 6) is 0. The number of benzene rings is 7. The van der Waals surface area contributed by atoms with Crippen molar-refractivity contribution in [3.05, 3.63) is 181 Å². The van der Waals surface area contributed by atoms with E-state index in [1.165, 1.54) is 0 Å². The molecule has 7 aromatic carbocycles. The largest absolute Gasteiger partial charge is 0.355 e. The van der Waals surface area contributed by atoms with Crippen molar-refractivity contribution < 1.29 is 0 Å². The molecule has 0 saturated heterocycles. The molecule has 0 amide bonds. The van der Waals surface area contributed by atoms with Crippen molar-refractivity contribution in [2.24, 2.45) is 0 Å². The van der Waals surface area contributed by atoms with Gasteiger partial charge in [-0.2, -0.15) is 0 Å². The predicted octanol–water partition coefficient (Wildman–Crippen LogP) is 12.6. The van der Waals surface area contributed by atoms with Gasteiger partial charge in [-0.25, -0.2) is 0 Å². The highest BCUT2D eigenvalue weighted by Crippen LogP contribution is 2.40. The number of rotatable bonds is 10. The van der Waals surface area contributed by atoms with Crippen molar-refractivity contribution in [1.82, 2.24) is 0 Å². The fourth-order valence-electron chi connectivity index (χ4n) is 5.91. The zero-order chi connectivity index (χ0) is 32.7. The van der Waals surface area contributed by atoms with Gasteiger partial charge in [0.05, 0.1) is 0 Å². The Labute approximate surface area is 283 Å². The number of anilines is 8. The van der Waals surface area contributed by atoms with E-state index in [0.29, 0.717) is 0 Å². The summed E-state index contributed by atoms with van der Waals surface area (Å²) >= 11 is 0. The van der Waals surface area contributed by atoms with Gasteiger partial charge in [0.15, 0.2) is 0 Å². The zero-order valence-corrected chi connectivity index (χ0v) is 27.2. The Kier molecular flexibility index (Phi) is 8.88. The monoisotopic (exact) mass is 622 g/mol. The van der Waals surface area contributed by atoms with Crippen LogP contribution in [0, 0.1) is 13.8 Å². The van der Waals surface area contributed by atoms with Gasteiger partial charge in [-0.1, -0.05) is 97.1 Å². The van der Waals surface area contributed by atoms with E-state index in [4.69, 9.17) is 0 Å².